The molecule has 1 atom stereocenters. The van der Waals surface area contributed by atoms with Gasteiger partial charge >= 0.3 is 0 Å². The maximum atomic E-state index is 2.94. The number of fused-ring (bicyclic) bond motifs is 2. The highest BCUT2D eigenvalue weighted by Gasteiger charge is 2.12. The number of benzene rings is 5. The monoisotopic (exact) mass is 362 g/mol. The molecule has 1 heteroatoms. The maximum Gasteiger partial charge on any atom is -0.00264 e. The van der Waals surface area contributed by atoms with Gasteiger partial charge < -0.3 is 0 Å². The van der Waals surface area contributed by atoms with Crippen LogP contribution in [0.1, 0.15) is 0 Å². The quantitative estimate of drug-likeness (QED) is 0.238. The van der Waals surface area contributed by atoms with Crippen molar-refractivity contribution in [2.24, 2.45) is 0 Å². The van der Waals surface area contributed by atoms with Crippen molar-refractivity contribution < 1.29 is 0 Å². The van der Waals surface area contributed by atoms with Crippen LogP contribution in [0.3, 0.4) is 0 Å². The van der Waals surface area contributed by atoms with E-state index in [1.807, 2.05) is 0 Å². The molecule has 0 heterocycles. The van der Waals surface area contributed by atoms with Gasteiger partial charge in [0.25, 0.3) is 0 Å². The molecule has 128 valence electrons. The molecule has 0 saturated carbocycles. The van der Waals surface area contributed by atoms with Crippen molar-refractivity contribution in [3.63, 3.8) is 0 Å². The molecule has 0 nitrogen and oxygen atoms in total. The second kappa shape index (κ2) is 6.65. The molecule has 27 heavy (non-hydrogen) atoms. The molecule has 0 amide bonds. The Labute approximate surface area is 161 Å². The van der Waals surface area contributed by atoms with Crippen LogP contribution in [0.2, 0.25) is 0 Å². The highest BCUT2D eigenvalue weighted by atomic mass is 31.0. The Kier molecular flexibility index (Phi) is 4.00. The lowest BCUT2D eigenvalue weighted by atomic mass is 9.91. The van der Waals surface area contributed by atoms with E-state index in [0.29, 0.717) is 0 Å². The van der Waals surface area contributed by atoms with E-state index >= 15 is 0 Å². The first-order valence-corrected chi connectivity index (χ1v) is 9.75. The topological polar surface area (TPSA) is 0 Å². The molecule has 0 aliphatic heterocycles. The van der Waals surface area contributed by atoms with Crippen LogP contribution in [0, 0.1) is 0 Å². The summed E-state index contributed by atoms with van der Waals surface area (Å²) in [6, 6.07) is 36.9. The van der Waals surface area contributed by atoms with E-state index in [0.717, 1.165) is 0 Å². The molecule has 0 radical (unpaired) electrons. The van der Waals surface area contributed by atoms with Crippen molar-refractivity contribution in [3.8, 4) is 22.3 Å². The van der Waals surface area contributed by atoms with E-state index in [-0.39, 0.29) is 0 Å². The van der Waals surface area contributed by atoms with Crippen LogP contribution in [-0.4, -0.2) is 0 Å². The van der Waals surface area contributed by atoms with Crippen LogP contribution < -0.4 is 5.30 Å². The van der Waals surface area contributed by atoms with Gasteiger partial charge in [0.15, 0.2) is 0 Å². The van der Waals surface area contributed by atoms with E-state index in [1.165, 1.54) is 49.1 Å². The average Bonchev–Trinajstić information content (AvgIpc) is 2.75. The summed E-state index contributed by atoms with van der Waals surface area (Å²) in [6.45, 7) is 0. The van der Waals surface area contributed by atoms with Crippen LogP contribution in [0.4, 0.5) is 0 Å². The molecule has 0 spiro atoms. The number of hydrogen-bond acceptors (Lipinski definition) is 0. The molecule has 0 fully saturated rings. The molecule has 5 aromatic rings. The second-order valence-electron chi connectivity index (χ2n) is 6.82. The van der Waals surface area contributed by atoms with E-state index < -0.39 is 0 Å². The van der Waals surface area contributed by atoms with E-state index in [4.69, 9.17) is 0 Å². The largest absolute Gasteiger partial charge is 0.104 e. The summed E-state index contributed by atoms with van der Waals surface area (Å²) in [5.74, 6) is 0. The van der Waals surface area contributed by atoms with Crippen molar-refractivity contribution >= 4 is 36.1 Å². The minimum Gasteiger partial charge on any atom is -0.104 e. The summed E-state index contributed by atoms with van der Waals surface area (Å²) in [4.78, 5) is 0. The molecule has 0 aliphatic carbocycles. The molecule has 0 N–H and O–H groups in total. The van der Waals surface area contributed by atoms with Crippen molar-refractivity contribution in [2.45, 2.75) is 0 Å². The lowest BCUT2D eigenvalue weighted by Gasteiger charge is -2.15. The van der Waals surface area contributed by atoms with Gasteiger partial charge in [-0.1, -0.05) is 103 Å². The zero-order valence-corrected chi connectivity index (χ0v) is 16.0. The van der Waals surface area contributed by atoms with E-state index in [1.54, 1.807) is 0 Å². The minimum atomic E-state index is 1.25. The smallest absolute Gasteiger partial charge is 0.00264 e. The normalized spacial score (nSPS) is 11.1. The molecular formula is C26H19P. The molecule has 0 aromatic heterocycles. The fourth-order valence-corrected chi connectivity index (χ4v) is 4.44. The zero-order chi connectivity index (χ0) is 18.2. The maximum absolute atomic E-state index is 2.94. The van der Waals surface area contributed by atoms with Gasteiger partial charge in [-0.2, -0.15) is 0 Å². The summed E-state index contributed by atoms with van der Waals surface area (Å²) in [5.41, 5.74) is 5.06. The lowest BCUT2D eigenvalue weighted by molar-refractivity contribution is 1.61. The first-order chi connectivity index (χ1) is 13.3. The standard InChI is InChI=1S/C26H19P/c27-26-23-12-6-4-10-21(23)25(22-11-5-7-13-24(22)26)20-16-14-19(15-17-20)18-8-2-1-3-9-18/h1-17H,27H2. The SMILES string of the molecule is Pc1c2ccccc2c(-c2ccc(-c3ccccc3)cc2)c2ccccc12. The predicted octanol–water partition coefficient (Wildman–Crippen LogP) is 6.83. The van der Waals surface area contributed by atoms with Crippen LogP contribution in [0.5, 0.6) is 0 Å². The fraction of sp³-hybridized carbons (Fsp3) is 0. The third kappa shape index (κ3) is 2.74. The van der Waals surface area contributed by atoms with Gasteiger partial charge in [0, 0.05) is 0 Å². The molecule has 0 saturated heterocycles. The highest BCUT2D eigenvalue weighted by Crippen LogP contribution is 2.36. The third-order valence-electron chi connectivity index (χ3n) is 5.25. The first-order valence-electron chi connectivity index (χ1n) is 9.18. The van der Waals surface area contributed by atoms with Gasteiger partial charge in [-0.15, -0.1) is 9.24 Å². The molecule has 5 rings (SSSR count). The lowest BCUT2D eigenvalue weighted by Crippen LogP contribution is -1.98. The highest BCUT2D eigenvalue weighted by molar-refractivity contribution is 7.29. The van der Waals surface area contributed by atoms with Crippen molar-refractivity contribution in [3.05, 3.63) is 103 Å². The van der Waals surface area contributed by atoms with Gasteiger partial charge in [0.05, 0.1) is 0 Å². The summed E-state index contributed by atoms with van der Waals surface area (Å²) >= 11 is 0. The van der Waals surface area contributed by atoms with Crippen LogP contribution in [0.25, 0.3) is 43.8 Å². The van der Waals surface area contributed by atoms with Crippen LogP contribution >= 0.6 is 9.24 Å². The molecule has 0 aliphatic rings. The van der Waals surface area contributed by atoms with Gasteiger partial charge in [-0.3, -0.25) is 0 Å². The van der Waals surface area contributed by atoms with Crippen molar-refractivity contribution in [1.82, 2.24) is 0 Å². The predicted molar refractivity (Wildman–Crippen MR) is 122 cm³/mol. The Morgan fingerprint density at radius 3 is 1.33 bits per heavy atom. The number of hydrogen-bond donors (Lipinski definition) is 0. The first kappa shape index (κ1) is 16.2. The zero-order valence-electron chi connectivity index (χ0n) is 14.9. The summed E-state index contributed by atoms with van der Waals surface area (Å²) in [5, 5.41) is 6.46. The third-order valence-corrected chi connectivity index (χ3v) is 5.88. The minimum absolute atomic E-state index is 1.25. The fourth-order valence-electron chi connectivity index (χ4n) is 3.93. The Balaban J connectivity index is 1.78. The van der Waals surface area contributed by atoms with E-state index in [2.05, 4.69) is 112 Å². The van der Waals surface area contributed by atoms with Gasteiger partial charge in [-0.05, 0) is 49.1 Å². The van der Waals surface area contributed by atoms with Gasteiger partial charge in [-0.25, -0.2) is 0 Å². The van der Waals surface area contributed by atoms with Crippen molar-refractivity contribution in [2.75, 3.05) is 0 Å². The molecule has 1 unspecified atom stereocenters. The van der Waals surface area contributed by atoms with Crippen LogP contribution in [-0.2, 0) is 0 Å². The summed E-state index contributed by atoms with van der Waals surface area (Å²) in [7, 11) is 2.94. The Morgan fingerprint density at radius 1 is 0.370 bits per heavy atom. The number of rotatable bonds is 2. The van der Waals surface area contributed by atoms with Crippen molar-refractivity contribution in [1.29, 1.82) is 0 Å². The van der Waals surface area contributed by atoms with Crippen LogP contribution in [0.15, 0.2) is 103 Å². The summed E-state index contributed by atoms with van der Waals surface area (Å²) in [6.07, 6.45) is 0. The van der Waals surface area contributed by atoms with Gasteiger partial charge in [0.2, 0.25) is 0 Å². The molecular weight excluding hydrogens is 343 g/mol. The summed E-state index contributed by atoms with van der Waals surface area (Å²) < 4.78 is 0. The molecule has 5 aromatic carbocycles. The second-order valence-corrected chi connectivity index (χ2v) is 7.40. The Morgan fingerprint density at radius 2 is 0.778 bits per heavy atom. The Bertz CT molecular complexity index is 1200. The Hall–Kier alpha value is -2.95. The van der Waals surface area contributed by atoms with Gasteiger partial charge in [0.1, 0.15) is 0 Å². The molecule has 0 bridgehead atoms. The van der Waals surface area contributed by atoms with E-state index in [9.17, 15) is 0 Å². The average molecular weight is 362 g/mol.